The summed E-state index contributed by atoms with van der Waals surface area (Å²) in [7, 11) is 3.49. The van der Waals surface area contributed by atoms with E-state index in [0.717, 1.165) is 22.4 Å². The van der Waals surface area contributed by atoms with Gasteiger partial charge >= 0.3 is 6.01 Å². The number of hydrogen-bond acceptors (Lipinski definition) is 8. The molecule has 0 saturated carbocycles. The molecule has 0 fully saturated rings. The molecule has 5 rings (SSSR count). The van der Waals surface area contributed by atoms with E-state index in [2.05, 4.69) is 31.8 Å². The van der Waals surface area contributed by atoms with Gasteiger partial charge in [0.05, 0.1) is 18.2 Å². The van der Waals surface area contributed by atoms with E-state index in [-0.39, 0.29) is 11.9 Å². The van der Waals surface area contributed by atoms with Crippen molar-refractivity contribution in [2.24, 2.45) is 7.05 Å². The Labute approximate surface area is 218 Å². The van der Waals surface area contributed by atoms with Crippen molar-refractivity contribution in [3.05, 3.63) is 79.4 Å². The third kappa shape index (κ3) is 4.50. The smallest absolute Gasteiger partial charge is 0.321 e. The number of carbonyl (C=O) groups excluding carboxylic acids is 1. The topological polar surface area (TPSA) is 130 Å². The van der Waals surface area contributed by atoms with Gasteiger partial charge in [-0.05, 0) is 48.4 Å². The highest BCUT2D eigenvalue weighted by molar-refractivity contribution is 6.08. The summed E-state index contributed by atoms with van der Waals surface area (Å²) < 4.78 is 13.5. The summed E-state index contributed by atoms with van der Waals surface area (Å²) in [6, 6.07) is 15.0. The lowest BCUT2D eigenvalue weighted by Gasteiger charge is -2.13. The maximum Gasteiger partial charge on any atom is 0.321 e. The summed E-state index contributed by atoms with van der Waals surface area (Å²) in [5.74, 6) is 1.08. The molecule has 190 valence electrons. The van der Waals surface area contributed by atoms with Gasteiger partial charge in [0.25, 0.3) is 5.91 Å². The highest BCUT2D eigenvalue weighted by atomic mass is 16.5. The van der Waals surface area contributed by atoms with Crippen LogP contribution in [0.5, 0.6) is 17.5 Å². The van der Waals surface area contributed by atoms with Crippen LogP contribution >= 0.6 is 0 Å². The molecule has 0 aliphatic carbocycles. The van der Waals surface area contributed by atoms with Gasteiger partial charge in [-0.2, -0.15) is 0 Å². The van der Waals surface area contributed by atoms with Crippen LogP contribution in [0.4, 0.5) is 11.5 Å². The summed E-state index contributed by atoms with van der Waals surface area (Å²) in [4.78, 5) is 29.0. The van der Waals surface area contributed by atoms with E-state index in [1.54, 1.807) is 38.6 Å². The first-order valence-electron chi connectivity index (χ1n) is 11.7. The second-order valence-corrected chi connectivity index (χ2v) is 8.55. The van der Waals surface area contributed by atoms with E-state index >= 15 is 0 Å². The predicted molar refractivity (Wildman–Crippen MR) is 146 cm³/mol. The summed E-state index contributed by atoms with van der Waals surface area (Å²) in [6.45, 7) is 5.34. The van der Waals surface area contributed by atoms with Crippen LogP contribution < -0.4 is 20.5 Å². The Morgan fingerprint density at radius 2 is 1.71 bits per heavy atom. The number of amides is 1. The first kappa shape index (κ1) is 24.4. The van der Waals surface area contributed by atoms with Crippen LogP contribution in [-0.4, -0.2) is 37.5 Å². The van der Waals surface area contributed by atoms with Crippen molar-refractivity contribution in [3.8, 4) is 39.9 Å². The Kier molecular flexibility index (Phi) is 6.44. The fraction of sp³-hybridized carbons (Fsp3) is 0.107. The molecular weight excluding hydrogens is 482 g/mol. The number of carbonyl (C=O) groups is 1. The van der Waals surface area contributed by atoms with Gasteiger partial charge in [0.15, 0.2) is 11.5 Å². The fourth-order valence-corrected chi connectivity index (χ4v) is 4.19. The lowest BCUT2D eigenvalue weighted by atomic mass is 9.98. The van der Waals surface area contributed by atoms with Crippen molar-refractivity contribution >= 4 is 28.4 Å². The zero-order valence-electron chi connectivity index (χ0n) is 21.1. The van der Waals surface area contributed by atoms with E-state index in [0.29, 0.717) is 39.6 Å². The number of hydrogen-bond donors (Lipinski definition) is 2. The molecule has 5 aromatic rings. The molecule has 38 heavy (non-hydrogen) atoms. The Bertz CT molecular complexity index is 1660. The van der Waals surface area contributed by atoms with Gasteiger partial charge in [-0.1, -0.05) is 24.8 Å². The molecule has 10 nitrogen and oxygen atoms in total. The highest BCUT2D eigenvalue weighted by Gasteiger charge is 2.23. The summed E-state index contributed by atoms with van der Waals surface area (Å²) >= 11 is 0. The van der Waals surface area contributed by atoms with Crippen LogP contribution in [0, 0.1) is 0 Å². The fourth-order valence-electron chi connectivity index (χ4n) is 4.19. The number of aryl methyl sites for hydroxylation is 1. The number of fused-ring (bicyclic) bond motifs is 1. The molecule has 1 amide bonds. The number of methoxy groups -OCH3 is 1. The van der Waals surface area contributed by atoms with E-state index < -0.39 is 0 Å². The molecular formula is C28H25N7O3. The van der Waals surface area contributed by atoms with Gasteiger partial charge in [-0.15, -0.1) is 0 Å². The minimum absolute atomic E-state index is 0.209. The number of nitrogens with zero attached hydrogens (tertiary/aromatic N) is 5. The van der Waals surface area contributed by atoms with Crippen LogP contribution in [0.25, 0.3) is 33.4 Å². The molecule has 3 N–H and O–H groups in total. The number of ether oxygens (including phenoxy) is 2. The zero-order valence-corrected chi connectivity index (χ0v) is 21.1. The van der Waals surface area contributed by atoms with E-state index in [1.807, 2.05) is 48.0 Å². The average molecular weight is 508 g/mol. The summed E-state index contributed by atoms with van der Waals surface area (Å²) in [6.07, 6.45) is 4.64. The number of rotatable bonds is 7. The summed E-state index contributed by atoms with van der Waals surface area (Å²) in [5, 5.41) is 3.54. The van der Waals surface area contributed by atoms with Crippen molar-refractivity contribution in [2.45, 2.75) is 6.92 Å². The van der Waals surface area contributed by atoms with Crippen LogP contribution in [0.15, 0.2) is 79.4 Å². The first-order chi connectivity index (χ1) is 18.4. The molecule has 3 aromatic heterocycles. The average Bonchev–Trinajstić information content (AvgIpc) is 3.23. The number of aromatic nitrogens is 5. The summed E-state index contributed by atoms with van der Waals surface area (Å²) in [5.41, 5.74) is 11.6. The maximum absolute atomic E-state index is 12.0. The largest absolute Gasteiger partial charge is 0.493 e. The molecule has 10 heteroatoms. The number of nitrogens with two attached hydrogens (primary N) is 1. The Balaban J connectivity index is 1.64. The third-order valence-electron chi connectivity index (χ3n) is 6.00. The lowest BCUT2D eigenvalue weighted by molar-refractivity contribution is -0.112. The highest BCUT2D eigenvalue weighted by Crippen LogP contribution is 2.44. The Hall–Kier alpha value is -5.25. The van der Waals surface area contributed by atoms with Gasteiger partial charge in [0.1, 0.15) is 17.8 Å². The van der Waals surface area contributed by atoms with Crippen LogP contribution in [0.1, 0.15) is 6.92 Å². The maximum atomic E-state index is 12.0. The van der Waals surface area contributed by atoms with E-state index in [1.165, 1.54) is 6.33 Å². The Morgan fingerprint density at radius 3 is 2.39 bits per heavy atom. The molecule has 0 radical (unpaired) electrons. The van der Waals surface area contributed by atoms with Crippen molar-refractivity contribution in [2.75, 3.05) is 18.2 Å². The number of anilines is 2. The van der Waals surface area contributed by atoms with E-state index in [9.17, 15) is 4.79 Å². The number of nitrogens with one attached hydrogen (secondary N) is 1. The molecule has 0 aliphatic heterocycles. The Morgan fingerprint density at radius 1 is 1.00 bits per heavy atom. The van der Waals surface area contributed by atoms with Gasteiger partial charge in [0, 0.05) is 36.3 Å². The van der Waals surface area contributed by atoms with Crippen molar-refractivity contribution in [3.63, 3.8) is 0 Å². The van der Waals surface area contributed by atoms with Crippen LogP contribution in [0.3, 0.4) is 0 Å². The normalized spacial score (nSPS) is 10.8. The lowest BCUT2D eigenvalue weighted by Crippen LogP contribution is -2.11. The quantitative estimate of drug-likeness (QED) is 0.295. The van der Waals surface area contributed by atoms with Crippen molar-refractivity contribution in [1.82, 2.24) is 24.5 Å². The van der Waals surface area contributed by atoms with Crippen molar-refractivity contribution in [1.29, 1.82) is 0 Å². The predicted octanol–water partition coefficient (Wildman–Crippen LogP) is 4.99. The minimum Gasteiger partial charge on any atom is -0.493 e. The molecule has 3 heterocycles. The van der Waals surface area contributed by atoms with Gasteiger partial charge < -0.3 is 25.1 Å². The second-order valence-electron chi connectivity index (χ2n) is 8.55. The molecule has 0 atom stereocenters. The molecule has 0 aliphatic rings. The molecule has 0 saturated heterocycles. The molecule has 0 bridgehead atoms. The molecule has 0 unspecified atom stereocenters. The van der Waals surface area contributed by atoms with Gasteiger partial charge in [-0.3, -0.25) is 4.79 Å². The number of benzene rings is 2. The van der Waals surface area contributed by atoms with E-state index in [4.69, 9.17) is 15.2 Å². The van der Waals surface area contributed by atoms with Crippen LogP contribution in [-0.2, 0) is 11.8 Å². The molecule has 0 spiro atoms. The van der Waals surface area contributed by atoms with Gasteiger partial charge in [0.2, 0.25) is 0 Å². The second kappa shape index (κ2) is 10.0. The standard InChI is InChI=1S/C28H25N7O3/c1-16(2)27(36)34-19-9-6-17(7-10-19)24-22(23-25(29)32-15-33-26(23)35(24)3)18-8-11-20(21(14-18)37-4)38-28-30-12-5-13-31-28/h5-15H,1H2,2-4H3,(H,34,36)(H2,29,32,33). The first-order valence-corrected chi connectivity index (χ1v) is 11.7. The van der Waals surface area contributed by atoms with Gasteiger partial charge in [-0.25, -0.2) is 19.9 Å². The monoisotopic (exact) mass is 507 g/mol. The third-order valence-corrected chi connectivity index (χ3v) is 6.00. The van der Waals surface area contributed by atoms with Crippen LogP contribution in [0.2, 0.25) is 0 Å². The minimum atomic E-state index is -0.235. The molecule has 2 aromatic carbocycles. The SMILES string of the molecule is C=C(C)C(=O)Nc1ccc(-c2c(-c3ccc(Oc4ncccn4)c(OC)c3)c3c(N)ncnc3n2C)cc1. The zero-order chi connectivity index (χ0) is 26.8. The van der Waals surface area contributed by atoms with Crippen molar-refractivity contribution < 1.29 is 14.3 Å². The number of nitrogen functional groups attached to an aromatic ring is 1.